The molecule has 0 aliphatic rings. The van der Waals surface area contributed by atoms with Gasteiger partial charge in [0.25, 0.3) is 0 Å². The Bertz CT molecular complexity index is 967. The van der Waals surface area contributed by atoms with E-state index in [0.29, 0.717) is 12.2 Å². The highest BCUT2D eigenvalue weighted by Gasteiger charge is 2.26. The van der Waals surface area contributed by atoms with Gasteiger partial charge in [0.2, 0.25) is 9.84 Å². The third kappa shape index (κ3) is 3.23. The molecule has 0 amide bonds. The number of imidazole rings is 1. The lowest BCUT2D eigenvalue weighted by Crippen LogP contribution is -2.11. The SMILES string of the molecule is Cc1ccn2cc(CNc3ccc(S(=O)(=O)C(F)F)cc3)nc2c1. The number of anilines is 1. The van der Waals surface area contributed by atoms with Crippen LogP contribution in [0.1, 0.15) is 11.3 Å². The van der Waals surface area contributed by atoms with Crippen molar-refractivity contribution >= 4 is 21.2 Å². The highest BCUT2D eigenvalue weighted by atomic mass is 32.2. The van der Waals surface area contributed by atoms with Crippen molar-refractivity contribution in [2.75, 3.05) is 5.32 Å². The van der Waals surface area contributed by atoms with Crippen LogP contribution in [0.5, 0.6) is 0 Å². The summed E-state index contributed by atoms with van der Waals surface area (Å²) < 4.78 is 49.6. The topological polar surface area (TPSA) is 63.5 Å². The molecule has 0 saturated carbocycles. The molecule has 0 aliphatic heterocycles. The lowest BCUT2D eigenvalue weighted by atomic mass is 10.3. The second-order valence-corrected chi connectivity index (χ2v) is 7.30. The van der Waals surface area contributed by atoms with Gasteiger partial charge in [0, 0.05) is 18.1 Å². The van der Waals surface area contributed by atoms with Crippen molar-refractivity contribution in [3.63, 3.8) is 0 Å². The lowest BCUT2D eigenvalue weighted by Gasteiger charge is -2.06. The smallest absolute Gasteiger partial charge is 0.341 e. The molecule has 24 heavy (non-hydrogen) atoms. The normalized spacial score (nSPS) is 12.0. The fourth-order valence-corrected chi connectivity index (χ4v) is 3.00. The summed E-state index contributed by atoms with van der Waals surface area (Å²) in [7, 11) is -4.56. The third-order valence-corrected chi connectivity index (χ3v) is 4.96. The van der Waals surface area contributed by atoms with Gasteiger partial charge in [-0.05, 0) is 48.9 Å². The van der Waals surface area contributed by atoms with E-state index >= 15 is 0 Å². The Kier molecular flexibility index (Phi) is 4.23. The Labute approximate surface area is 137 Å². The van der Waals surface area contributed by atoms with Crippen molar-refractivity contribution in [2.24, 2.45) is 0 Å². The number of fused-ring (bicyclic) bond motifs is 1. The van der Waals surface area contributed by atoms with Crippen LogP contribution in [0.2, 0.25) is 0 Å². The molecule has 0 saturated heterocycles. The summed E-state index contributed by atoms with van der Waals surface area (Å²) in [4.78, 5) is 4.08. The van der Waals surface area contributed by atoms with E-state index < -0.39 is 20.5 Å². The Morgan fingerprint density at radius 2 is 1.92 bits per heavy atom. The molecule has 1 aromatic carbocycles. The maximum Gasteiger partial charge on any atom is 0.341 e. The molecule has 2 aromatic heterocycles. The van der Waals surface area contributed by atoms with Gasteiger partial charge >= 0.3 is 5.76 Å². The first-order chi connectivity index (χ1) is 11.4. The van der Waals surface area contributed by atoms with Crippen molar-refractivity contribution in [1.29, 1.82) is 0 Å². The number of nitrogens with one attached hydrogen (secondary N) is 1. The van der Waals surface area contributed by atoms with Gasteiger partial charge in [-0.1, -0.05) is 0 Å². The fraction of sp³-hybridized carbons (Fsp3) is 0.188. The van der Waals surface area contributed by atoms with Gasteiger partial charge < -0.3 is 9.72 Å². The molecule has 8 heteroatoms. The minimum absolute atomic E-state index is 0.397. The first-order valence-electron chi connectivity index (χ1n) is 7.16. The van der Waals surface area contributed by atoms with Crippen LogP contribution in [-0.4, -0.2) is 23.6 Å². The van der Waals surface area contributed by atoms with Crippen LogP contribution < -0.4 is 5.32 Å². The van der Waals surface area contributed by atoms with Gasteiger partial charge in [-0.2, -0.15) is 8.78 Å². The quantitative estimate of drug-likeness (QED) is 0.766. The summed E-state index contributed by atoms with van der Waals surface area (Å²) in [6, 6.07) is 9.18. The monoisotopic (exact) mass is 351 g/mol. The molecule has 0 aliphatic carbocycles. The number of aromatic nitrogens is 2. The van der Waals surface area contributed by atoms with Gasteiger partial charge in [0.1, 0.15) is 5.65 Å². The molecule has 0 fully saturated rings. The second kappa shape index (κ2) is 6.20. The number of nitrogens with zero attached hydrogens (tertiary/aromatic N) is 2. The summed E-state index contributed by atoms with van der Waals surface area (Å²) in [5, 5.41) is 3.09. The molecule has 3 aromatic rings. The minimum atomic E-state index is -4.56. The number of halogens is 2. The first-order valence-corrected chi connectivity index (χ1v) is 8.71. The number of rotatable bonds is 5. The molecule has 0 radical (unpaired) electrons. The van der Waals surface area contributed by atoms with Gasteiger partial charge in [0.15, 0.2) is 0 Å². The molecule has 0 bridgehead atoms. The van der Waals surface area contributed by atoms with E-state index in [1.807, 2.05) is 35.9 Å². The van der Waals surface area contributed by atoms with E-state index in [1.165, 1.54) is 12.1 Å². The van der Waals surface area contributed by atoms with Crippen molar-refractivity contribution in [1.82, 2.24) is 9.38 Å². The lowest BCUT2D eigenvalue weighted by molar-refractivity contribution is 0.234. The maximum atomic E-state index is 12.5. The predicted molar refractivity (Wildman–Crippen MR) is 86.9 cm³/mol. The average Bonchev–Trinajstić information content (AvgIpc) is 2.95. The number of hydrogen-bond donors (Lipinski definition) is 1. The first kappa shape index (κ1) is 16.4. The molecule has 126 valence electrons. The Balaban J connectivity index is 1.72. The van der Waals surface area contributed by atoms with Crippen molar-refractivity contribution < 1.29 is 17.2 Å². The van der Waals surface area contributed by atoms with E-state index in [9.17, 15) is 17.2 Å². The van der Waals surface area contributed by atoms with Crippen LogP contribution in [0.3, 0.4) is 0 Å². The molecule has 2 heterocycles. The second-order valence-electron chi connectivity index (χ2n) is 5.39. The summed E-state index contributed by atoms with van der Waals surface area (Å²) >= 11 is 0. The Hall–Kier alpha value is -2.48. The van der Waals surface area contributed by atoms with E-state index in [1.54, 1.807) is 0 Å². The standard InChI is InChI=1S/C16H15F2N3O2S/c1-11-6-7-21-10-13(20-15(21)8-11)9-19-12-2-4-14(5-3-12)24(22,23)16(17)18/h2-8,10,16,19H,9H2,1H3. The van der Waals surface area contributed by atoms with Crippen LogP contribution in [-0.2, 0) is 16.4 Å². The molecule has 0 unspecified atom stereocenters. The fourth-order valence-electron chi connectivity index (χ4n) is 2.28. The van der Waals surface area contributed by atoms with E-state index in [-0.39, 0.29) is 0 Å². The highest BCUT2D eigenvalue weighted by molar-refractivity contribution is 7.91. The molecule has 0 atom stereocenters. The highest BCUT2D eigenvalue weighted by Crippen LogP contribution is 2.20. The van der Waals surface area contributed by atoms with Crippen molar-refractivity contribution in [3.05, 3.63) is 60.0 Å². The van der Waals surface area contributed by atoms with Crippen LogP contribution in [0.25, 0.3) is 5.65 Å². The molecule has 1 N–H and O–H groups in total. The zero-order valence-electron chi connectivity index (χ0n) is 12.8. The van der Waals surface area contributed by atoms with Crippen LogP contribution >= 0.6 is 0 Å². The zero-order chi connectivity index (χ0) is 17.3. The zero-order valence-corrected chi connectivity index (χ0v) is 13.6. The molecule has 5 nitrogen and oxygen atoms in total. The summed E-state index contributed by atoms with van der Waals surface area (Å²) in [6.45, 7) is 2.42. The van der Waals surface area contributed by atoms with E-state index in [4.69, 9.17) is 0 Å². The minimum Gasteiger partial charge on any atom is -0.379 e. The molecule has 0 spiro atoms. The largest absolute Gasteiger partial charge is 0.379 e. The number of hydrogen-bond acceptors (Lipinski definition) is 4. The summed E-state index contributed by atoms with van der Waals surface area (Å²) in [6.07, 6.45) is 3.81. The van der Waals surface area contributed by atoms with Gasteiger partial charge in [-0.25, -0.2) is 13.4 Å². The molecule has 3 rings (SSSR count). The number of aryl methyl sites for hydroxylation is 1. The molecular formula is C16H15F2N3O2S. The Morgan fingerprint density at radius 3 is 2.58 bits per heavy atom. The third-order valence-electron chi connectivity index (χ3n) is 3.56. The van der Waals surface area contributed by atoms with Crippen LogP contribution in [0, 0.1) is 6.92 Å². The number of sulfone groups is 1. The van der Waals surface area contributed by atoms with Gasteiger partial charge in [0.05, 0.1) is 17.1 Å². The van der Waals surface area contributed by atoms with Crippen molar-refractivity contribution in [2.45, 2.75) is 24.1 Å². The summed E-state index contributed by atoms with van der Waals surface area (Å²) in [5.41, 5.74) is 3.38. The van der Waals surface area contributed by atoms with E-state index in [2.05, 4.69) is 10.3 Å². The maximum absolute atomic E-state index is 12.5. The molecular weight excluding hydrogens is 336 g/mol. The predicted octanol–water partition coefficient (Wildman–Crippen LogP) is 3.25. The number of pyridine rings is 1. The van der Waals surface area contributed by atoms with Gasteiger partial charge in [-0.3, -0.25) is 0 Å². The number of alkyl halides is 2. The van der Waals surface area contributed by atoms with Crippen LogP contribution in [0.15, 0.2) is 53.7 Å². The van der Waals surface area contributed by atoms with Gasteiger partial charge in [-0.15, -0.1) is 0 Å². The Morgan fingerprint density at radius 1 is 1.21 bits per heavy atom. The number of benzene rings is 1. The summed E-state index contributed by atoms with van der Waals surface area (Å²) in [5.74, 6) is -3.42. The van der Waals surface area contributed by atoms with Crippen molar-refractivity contribution in [3.8, 4) is 0 Å². The van der Waals surface area contributed by atoms with E-state index in [0.717, 1.165) is 29.0 Å². The van der Waals surface area contributed by atoms with Crippen LogP contribution in [0.4, 0.5) is 14.5 Å². The average molecular weight is 351 g/mol.